The van der Waals surface area contributed by atoms with E-state index in [1.807, 2.05) is 25.1 Å². The van der Waals surface area contributed by atoms with E-state index in [0.717, 1.165) is 18.4 Å². The van der Waals surface area contributed by atoms with Crippen molar-refractivity contribution in [2.24, 2.45) is 10.9 Å². The predicted molar refractivity (Wildman–Crippen MR) is 143 cm³/mol. The second-order valence-electron chi connectivity index (χ2n) is 9.66. The molecule has 1 N–H and O–H groups in total. The maximum absolute atomic E-state index is 13.8. The molecule has 3 atom stereocenters. The van der Waals surface area contributed by atoms with Crippen LogP contribution < -0.4 is 14.2 Å². The molecule has 2 aliphatic rings. The van der Waals surface area contributed by atoms with Gasteiger partial charge in [0.1, 0.15) is 5.92 Å². The van der Waals surface area contributed by atoms with E-state index >= 15 is 0 Å². The number of benzene rings is 2. The Balaban J connectivity index is 1.76. The summed E-state index contributed by atoms with van der Waals surface area (Å²) in [6.07, 6.45) is 2.44. The van der Waals surface area contributed by atoms with E-state index in [1.54, 1.807) is 39.3 Å². The monoisotopic (exact) mass is 521 g/mol. The van der Waals surface area contributed by atoms with Crippen LogP contribution >= 0.6 is 0 Å². The standard InChI is InChI=1S/C30H35NO7/c1-6-7-12-38-30(34)27-17(2)31-21-13-20(18-8-11-25(36-4)26(16-18)37-5)15-23(33)29(21)28(27)19-9-10-24(35-3)22(32)14-19/h8-11,14,16,20,27-28,32H,6-7,12-13,15H2,1-5H3/t20-,27?,28+/m1/s1. The molecule has 38 heavy (non-hydrogen) atoms. The Bertz CT molecular complexity index is 1280. The van der Waals surface area contributed by atoms with Gasteiger partial charge in [-0.05, 0) is 61.1 Å². The molecule has 1 heterocycles. The topological polar surface area (TPSA) is 104 Å². The molecular weight excluding hydrogens is 486 g/mol. The van der Waals surface area contributed by atoms with Crippen molar-refractivity contribution in [3.8, 4) is 23.0 Å². The zero-order valence-corrected chi connectivity index (χ0v) is 22.6. The highest BCUT2D eigenvalue weighted by Gasteiger charge is 2.45. The van der Waals surface area contributed by atoms with E-state index in [4.69, 9.17) is 23.9 Å². The number of phenolic OH excluding ortho intramolecular Hbond substituents is 1. The van der Waals surface area contributed by atoms with E-state index in [9.17, 15) is 14.7 Å². The van der Waals surface area contributed by atoms with E-state index in [1.165, 1.54) is 7.11 Å². The zero-order valence-electron chi connectivity index (χ0n) is 22.6. The minimum atomic E-state index is -0.764. The molecule has 1 aliphatic carbocycles. The largest absolute Gasteiger partial charge is 0.504 e. The molecule has 0 radical (unpaired) electrons. The van der Waals surface area contributed by atoms with Crippen LogP contribution in [0.1, 0.15) is 62.5 Å². The van der Waals surface area contributed by atoms with E-state index in [2.05, 4.69) is 0 Å². The van der Waals surface area contributed by atoms with Crippen molar-refractivity contribution >= 4 is 17.5 Å². The number of carbonyl (C=O) groups excluding carboxylic acids is 2. The Morgan fingerprint density at radius 3 is 2.32 bits per heavy atom. The van der Waals surface area contributed by atoms with Crippen molar-refractivity contribution in [2.75, 3.05) is 27.9 Å². The molecule has 0 spiro atoms. The molecule has 0 fully saturated rings. The van der Waals surface area contributed by atoms with Crippen LogP contribution in [0.5, 0.6) is 23.0 Å². The number of phenols is 1. The molecule has 202 valence electrons. The number of unbranched alkanes of at least 4 members (excludes halogenated alkanes) is 1. The molecule has 1 unspecified atom stereocenters. The van der Waals surface area contributed by atoms with Crippen LogP contribution in [-0.4, -0.2) is 50.5 Å². The van der Waals surface area contributed by atoms with Crippen molar-refractivity contribution in [2.45, 2.75) is 51.4 Å². The van der Waals surface area contributed by atoms with Gasteiger partial charge in [-0.25, -0.2) is 0 Å². The number of aliphatic imine (C=N–C) groups is 1. The smallest absolute Gasteiger partial charge is 0.315 e. The van der Waals surface area contributed by atoms with Crippen molar-refractivity contribution in [3.05, 3.63) is 58.8 Å². The van der Waals surface area contributed by atoms with Crippen LogP contribution in [0.3, 0.4) is 0 Å². The second kappa shape index (κ2) is 11.7. The van der Waals surface area contributed by atoms with Gasteiger partial charge in [0, 0.05) is 29.3 Å². The molecule has 0 aromatic heterocycles. The summed E-state index contributed by atoms with van der Waals surface area (Å²) < 4.78 is 21.6. The highest BCUT2D eigenvalue weighted by molar-refractivity contribution is 6.09. The molecule has 0 amide bonds. The number of hydrogen-bond acceptors (Lipinski definition) is 8. The van der Waals surface area contributed by atoms with Gasteiger partial charge in [-0.2, -0.15) is 0 Å². The normalized spacial score (nSPS) is 20.9. The SMILES string of the molecule is CCCCOC(=O)C1C(C)=NC2=C(C(=O)C[C@H](c3ccc(OC)c(OC)c3)C2)[C@H]1c1ccc(OC)c(O)c1. The van der Waals surface area contributed by atoms with E-state index in [0.29, 0.717) is 52.8 Å². The summed E-state index contributed by atoms with van der Waals surface area (Å²) in [5.74, 6) is -0.500. The number of esters is 1. The molecule has 2 aromatic rings. The lowest BCUT2D eigenvalue weighted by Crippen LogP contribution is -2.38. The van der Waals surface area contributed by atoms with Crippen LogP contribution in [0, 0.1) is 5.92 Å². The van der Waals surface area contributed by atoms with Crippen LogP contribution in [-0.2, 0) is 14.3 Å². The Morgan fingerprint density at radius 2 is 1.66 bits per heavy atom. The van der Waals surface area contributed by atoms with Crippen LogP contribution in [0.2, 0.25) is 0 Å². The zero-order chi connectivity index (χ0) is 27.4. The average Bonchev–Trinajstić information content (AvgIpc) is 2.91. The number of Topliss-reactive ketones (excluding diaryl/α,β-unsaturated/α-hetero) is 1. The van der Waals surface area contributed by atoms with Gasteiger partial charge in [-0.15, -0.1) is 0 Å². The maximum atomic E-state index is 13.8. The first-order valence-corrected chi connectivity index (χ1v) is 12.9. The summed E-state index contributed by atoms with van der Waals surface area (Å²) in [7, 11) is 4.64. The minimum absolute atomic E-state index is 0.0584. The summed E-state index contributed by atoms with van der Waals surface area (Å²) in [6.45, 7) is 4.13. The maximum Gasteiger partial charge on any atom is 0.315 e. The molecule has 2 aromatic carbocycles. The fourth-order valence-corrected chi connectivity index (χ4v) is 5.37. The van der Waals surface area contributed by atoms with Crippen molar-refractivity contribution in [3.63, 3.8) is 0 Å². The van der Waals surface area contributed by atoms with Gasteiger partial charge in [-0.3, -0.25) is 14.6 Å². The summed E-state index contributed by atoms with van der Waals surface area (Å²) in [5.41, 5.74) is 3.35. The quantitative estimate of drug-likeness (QED) is 0.351. The molecule has 0 saturated heterocycles. The van der Waals surface area contributed by atoms with E-state index in [-0.39, 0.29) is 23.9 Å². The Morgan fingerprint density at radius 1 is 0.974 bits per heavy atom. The van der Waals surface area contributed by atoms with Crippen LogP contribution in [0.15, 0.2) is 52.7 Å². The summed E-state index contributed by atoms with van der Waals surface area (Å²) >= 11 is 0. The van der Waals surface area contributed by atoms with Gasteiger partial charge in [0.05, 0.1) is 27.9 Å². The Labute approximate surface area is 223 Å². The average molecular weight is 522 g/mol. The first-order chi connectivity index (χ1) is 18.3. The number of hydrogen-bond donors (Lipinski definition) is 1. The Hall–Kier alpha value is -3.81. The van der Waals surface area contributed by atoms with E-state index < -0.39 is 17.8 Å². The van der Waals surface area contributed by atoms with Gasteiger partial charge in [0.15, 0.2) is 28.8 Å². The predicted octanol–water partition coefficient (Wildman–Crippen LogP) is 5.34. The summed E-state index contributed by atoms with van der Waals surface area (Å²) in [5, 5.41) is 10.5. The minimum Gasteiger partial charge on any atom is -0.504 e. The van der Waals surface area contributed by atoms with Gasteiger partial charge < -0.3 is 24.1 Å². The van der Waals surface area contributed by atoms with Gasteiger partial charge >= 0.3 is 5.97 Å². The summed E-state index contributed by atoms with van der Waals surface area (Å²) in [4.78, 5) is 31.9. The molecule has 4 rings (SSSR count). The highest BCUT2D eigenvalue weighted by atomic mass is 16.5. The molecule has 0 saturated carbocycles. The first-order valence-electron chi connectivity index (χ1n) is 12.9. The summed E-state index contributed by atoms with van der Waals surface area (Å²) in [6, 6.07) is 10.7. The van der Waals surface area contributed by atoms with Crippen molar-refractivity contribution in [1.29, 1.82) is 0 Å². The van der Waals surface area contributed by atoms with Gasteiger partial charge in [-0.1, -0.05) is 25.5 Å². The number of nitrogens with zero attached hydrogens (tertiary/aromatic N) is 1. The number of aromatic hydroxyl groups is 1. The molecular formula is C30H35NO7. The van der Waals surface area contributed by atoms with Gasteiger partial charge in [0.25, 0.3) is 0 Å². The first kappa shape index (κ1) is 27.2. The fraction of sp³-hybridized carbons (Fsp3) is 0.433. The number of ether oxygens (including phenoxy) is 4. The number of methoxy groups -OCH3 is 3. The lowest BCUT2D eigenvalue weighted by molar-refractivity contribution is -0.146. The fourth-order valence-electron chi connectivity index (χ4n) is 5.37. The molecule has 0 bridgehead atoms. The van der Waals surface area contributed by atoms with Gasteiger partial charge in [0.2, 0.25) is 0 Å². The molecule has 1 aliphatic heterocycles. The third-order valence-electron chi connectivity index (χ3n) is 7.33. The van der Waals surface area contributed by atoms with Crippen molar-refractivity contribution < 1.29 is 33.6 Å². The number of rotatable bonds is 9. The third kappa shape index (κ3) is 5.26. The molecule has 8 nitrogen and oxygen atoms in total. The molecule has 8 heteroatoms. The lowest BCUT2D eigenvalue weighted by atomic mass is 9.69. The van der Waals surface area contributed by atoms with Crippen LogP contribution in [0.4, 0.5) is 0 Å². The number of ketones is 1. The number of allylic oxidation sites excluding steroid dienone is 2. The Kier molecular flexibility index (Phi) is 8.39. The van der Waals surface area contributed by atoms with Crippen molar-refractivity contribution in [1.82, 2.24) is 0 Å². The lowest BCUT2D eigenvalue weighted by Gasteiger charge is -2.36. The number of carbonyl (C=O) groups is 2. The third-order valence-corrected chi connectivity index (χ3v) is 7.33. The highest BCUT2D eigenvalue weighted by Crippen LogP contribution is 2.48. The second-order valence-corrected chi connectivity index (χ2v) is 9.66. The van der Waals surface area contributed by atoms with Crippen LogP contribution in [0.25, 0.3) is 0 Å².